The minimum absolute atomic E-state index is 0.344. The van der Waals surface area contributed by atoms with E-state index in [1.54, 1.807) is 6.07 Å². The van der Waals surface area contributed by atoms with Crippen molar-refractivity contribution in [2.75, 3.05) is 11.9 Å². The summed E-state index contributed by atoms with van der Waals surface area (Å²) in [5, 5.41) is 15.8. The van der Waals surface area contributed by atoms with E-state index < -0.39 is 24.5 Å². The monoisotopic (exact) mass is 401 g/mol. The second kappa shape index (κ2) is 8.95. The number of fused-ring (bicyclic) bond motifs is 1. The number of carbonyl (C=O) groups excluding carboxylic acids is 2. The molecule has 150 valence electrons. The molecule has 8 heteroatoms. The molecule has 1 heterocycles. The second-order valence-electron chi connectivity index (χ2n) is 6.71. The number of anilines is 1. The van der Waals surface area contributed by atoms with Gasteiger partial charge in [-0.1, -0.05) is 60.7 Å². The molecule has 1 amide bonds. The summed E-state index contributed by atoms with van der Waals surface area (Å²) in [4.78, 5) is 24.9. The average Bonchev–Trinajstić information content (AvgIpc) is 3.31. The number of rotatable bonds is 7. The van der Waals surface area contributed by atoms with Crippen LogP contribution in [0.15, 0.2) is 79.1 Å². The number of carbonyl (C=O) groups is 2. The van der Waals surface area contributed by atoms with Crippen LogP contribution >= 0.6 is 0 Å². The zero-order chi connectivity index (χ0) is 20.8. The number of nitrogens with zero attached hydrogens (tertiary/aromatic N) is 4. The van der Waals surface area contributed by atoms with Crippen LogP contribution in [0.25, 0.3) is 10.8 Å². The first-order chi connectivity index (χ1) is 14.7. The Balaban J connectivity index is 1.39. The Morgan fingerprint density at radius 1 is 0.967 bits per heavy atom. The van der Waals surface area contributed by atoms with Crippen molar-refractivity contribution in [1.82, 2.24) is 20.2 Å². The van der Waals surface area contributed by atoms with Crippen LogP contribution in [0.4, 0.5) is 5.69 Å². The van der Waals surface area contributed by atoms with Gasteiger partial charge < -0.3 is 10.1 Å². The number of amides is 1. The highest BCUT2D eigenvalue weighted by molar-refractivity contribution is 5.95. The van der Waals surface area contributed by atoms with Gasteiger partial charge in [0.1, 0.15) is 6.33 Å². The maximum atomic E-state index is 12.7. The molecule has 8 nitrogen and oxygen atoms in total. The lowest BCUT2D eigenvalue weighted by molar-refractivity contribution is -0.151. The molecule has 0 saturated heterocycles. The fraction of sp³-hybridized carbons (Fsp3) is 0.136. The molecule has 0 spiro atoms. The van der Waals surface area contributed by atoms with Crippen molar-refractivity contribution in [3.05, 3.63) is 84.7 Å². The van der Waals surface area contributed by atoms with Gasteiger partial charge in [0.2, 0.25) is 0 Å². The van der Waals surface area contributed by atoms with Crippen molar-refractivity contribution in [3.63, 3.8) is 0 Å². The SMILES string of the molecule is O=C(COC(=O)[C@H](Cc1ccccc1)n1cnnn1)Nc1ccc2ccccc2c1. The molecule has 3 aromatic carbocycles. The standard InChI is InChI=1S/C22H19N5O3/c28-21(24-19-11-10-17-8-4-5-9-18(17)13-19)14-30-22(29)20(27-15-23-25-26-27)12-16-6-2-1-3-7-16/h1-11,13,15,20H,12,14H2,(H,24,28)/t20-/m0/s1. The lowest BCUT2D eigenvalue weighted by Gasteiger charge is -2.15. The molecular weight excluding hydrogens is 382 g/mol. The molecule has 0 bridgehead atoms. The predicted molar refractivity (Wildman–Crippen MR) is 111 cm³/mol. The van der Waals surface area contributed by atoms with Crippen molar-refractivity contribution < 1.29 is 14.3 Å². The molecule has 0 aliphatic carbocycles. The molecule has 1 N–H and O–H groups in total. The van der Waals surface area contributed by atoms with Gasteiger partial charge in [-0.15, -0.1) is 5.10 Å². The molecule has 0 unspecified atom stereocenters. The third-order valence-corrected chi connectivity index (χ3v) is 4.61. The first-order valence-corrected chi connectivity index (χ1v) is 9.41. The number of aromatic nitrogens is 4. The lowest BCUT2D eigenvalue weighted by atomic mass is 10.1. The van der Waals surface area contributed by atoms with E-state index in [9.17, 15) is 9.59 Å². The lowest BCUT2D eigenvalue weighted by Crippen LogP contribution is -2.28. The number of esters is 1. The van der Waals surface area contributed by atoms with Crippen molar-refractivity contribution in [1.29, 1.82) is 0 Å². The van der Waals surface area contributed by atoms with Gasteiger partial charge in [-0.3, -0.25) is 4.79 Å². The van der Waals surface area contributed by atoms with Crippen molar-refractivity contribution in [3.8, 4) is 0 Å². The summed E-state index contributed by atoms with van der Waals surface area (Å²) in [5.74, 6) is -1.01. The van der Waals surface area contributed by atoms with Crippen molar-refractivity contribution in [2.45, 2.75) is 12.5 Å². The van der Waals surface area contributed by atoms with E-state index in [0.717, 1.165) is 16.3 Å². The molecule has 0 radical (unpaired) electrons. The number of benzene rings is 3. The quantitative estimate of drug-likeness (QED) is 0.478. The summed E-state index contributed by atoms with van der Waals surface area (Å²) in [6.45, 7) is -0.404. The molecule has 1 aromatic heterocycles. The van der Waals surface area contributed by atoms with E-state index >= 15 is 0 Å². The number of hydrogen-bond acceptors (Lipinski definition) is 6. The van der Waals surface area contributed by atoms with E-state index in [1.165, 1.54) is 11.0 Å². The zero-order valence-electron chi connectivity index (χ0n) is 16.0. The molecular formula is C22H19N5O3. The van der Waals surface area contributed by atoms with Crippen LogP contribution in [0.2, 0.25) is 0 Å². The Labute approximate surface area is 172 Å². The Bertz CT molecular complexity index is 1150. The molecule has 4 rings (SSSR count). The van der Waals surface area contributed by atoms with Crippen LogP contribution in [-0.2, 0) is 20.7 Å². The van der Waals surface area contributed by atoms with Gasteiger partial charge in [0.15, 0.2) is 12.6 Å². The van der Waals surface area contributed by atoms with Crippen LogP contribution in [0, 0.1) is 0 Å². The normalized spacial score (nSPS) is 11.7. The number of tetrazole rings is 1. The first-order valence-electron chi connectivity index (χ1n) is 9.41. The van der Waals surface area contributed by atoms with E-state index in [2.05, 4.69) is 20.8 Å². The second-order valence-corrected chi connectivity index (χ2v) is 6.71. The minimum Gasteiger partial charge on any atom is -0.454 e. The number of nitrogens with one attached hydrogen (secondary N) is 1. The number of hydrogen-bond donors (Lipinski definition) is 1. The Kier molecular flexibility index (Phi) is 5.75. The molecule has 1 atom stereocenters. The maximum Gasteiger partial charge on any atom is 0.331 e. The molecule has 0 saturated carbocycles. The molecule has 4 aromatic rings. The van der Waals surface area contributed by atoms with Gasteiger partial charge in [-0.05, 0) is 38.9 Å². The Morgan fingerprint density at radius 2 is 1.73 bits per heavy atom. The highest BCUT2D eigenvalue weighted by Crippen LogP contribution is 2.19. The molecule has 0 aliphatic heterocycles. The van der Waals surface area contributed by atoms with E-state index in [0.29, 0.717) is 12.1 Å². The van der Waals surface area contributed by atoms with Crippen LogP contribution in [0.3, 0.4) is 0 Å². The average molecular weight is 401 g/mol. The van der Waals surface area contributed by atoms with Gasteiger partial charge in [0, 0.05) is 12.1 Å². The minimum atomic E-state index is -0.768. The number of ether oxygens (including phenoxy) is 1. The fourth-order valence-corrected chi connectivity index (χ4v) is 3.13. The van der Waals surface area contributed by atoms with E-state index in [1.807, 2.05) is 66.7 Å². The van der Waals surface area contributed by atoms with Crippen LogP contribution in [0.5, 0.6) is 0 Å². The summed E-state index contributed by atoms with van der Waals surface area (Å²) < 4.78 is 6.58. The first kappa shape index (κ1) is 19.3. The largest absolute Gasteiger partial charge is 0.454 e. The predicted octanol–water partition coefficient (Wildman–Crippen LogP) is 2.79. The summed E-state index contributed by atoms with van der Waals surface area (Å²) in [7, 11) is 0. The van der Waals surface area contributed by atoms with E-state index in [4.69, 9.17) is 4.74 Å². The van der Waals surface area contributed by atoms with Crippen molar-refractivity contribution >= 4 is 28.3 Å². The highest BCUT2D eigenvalue weighted by Gasteiger charge is 2.24. The van der Waals surface area contributed by atoms with Crippen LogP contribution in [-0.4, -0.2) is 38.7 Å². The third-order valence-electron chi connectivity index (χ3n) is 4.61. The maximum absolute atomic E-state index is 12.7. The van der Waals surface area contributed by atoms with Gasteiger partial charge in [-0.2, -0.15) is 0 Å². The topological polar surface area (TPSA) is 99.0 Å². The third kappa shape index (κ3) is 4.67. The smallest absolute Gasteiger partial charge is 0.331 e. The molecule has 30 heavy (non-hydrogen) atoms. The van der Waals surface area contributed by atoms with Gasteiger partial charge in [-0.25, -0.2) is 9.48 Å². The molecule has 0 aliphatic rings. The Hall–Kier alpha value is -4.07. The fourth-order valence-electron chi connectivity index (χ4n) is 3.13. The summed E-state index contributed by atoms with van der Waals surface area (Å²) in [6.07, 6.45) is 1.70. The highest BCUT2D eigenvalue weighted by atomic mass is 16.5. The summed E-state index contributed by atoms with van der Waals surface area (Å²) >= 11 is 0. The Morgan fingerprint density at radius 3 is 2.50 bits per heavy atom. The van der Waals surface area contributed by atoms with Gasteiger partial charge >= 0.3 is 5.97 Å². The van der Waals surface area contributed by atoms with Crippen LogP contribution < -0.4 is 5.32 Å². The van der Waals surface area contributed by atoms with Gasteiger partial charge in [0.05, 0.1) is 0 Å². The van der Waals surface area contributed by atoms with Crippen LogP contribution in [0.1, 0.15) is 11.6 Å². The summed E-state index contributed by atoms with van der Waals surface area (Å²) in [5.41, 5.74) is 1.56. The van der Waals surface area contributed by atoms with Crippen molar-refractivity contribution in [2.24, 2.45) is 0 Å². The molecule has 0 fully saturated rings. The zero-order valence-corrected chi connectivity index (χ0v) is 16.0. The van der Waals surface area contributed by atoms with E-state index in [-0.39, 0.29) is 0 Å². The van der Waals surface area contributed by atoms with Gasteiger partial charge in [0.25, 0.3) is 5.91 Å². The summed E-state index contributed by atoms with van der Waals surface area (Å²) in [6, 6.07) is 22.1.